The number of rotatable bonds is 10. The molecular weight excluding hydrogens is 394 g/mol. The maximum absolute atomic E-state index is 12.2. The molecule has 2 atom stereocenters. The highest BCUT2D eigenvalue weighted by Crippen LogP contribution is 2.20. The molecule has 3 rings (SSSR count). The summed E-state index contributed by atoms with van der Waals surface area (Å²) in [6.07, 6.45) is 1.69. The van der Waals surface area contributed by atoms with Crippen molar-refractivity contribution < 1.29 is 0 Å². The van der Waals surface area contributed by atoms with Crippen LogP contribution in [0.1, 0.15) is 29.2 Å². The summed E-state index contributed by atoms with van der Waals surface area (Å²) >= 11 is 1.66. The Morgan fingerprint density at radius 3 is 2.27 bits per heavy atom. The van der Waals surface area contributed by atoms with Gasteiger partial charge < -0.3 is 15.5 Å². The van der Waals surface area contributed by atoms with Crippen molar-refractivity contribution in [2.24, 2.45) is 0 Å². The molecule has 1 heterocycles. The SMILES string of the molecule is Cc1cccc(C)c1C[C@@H](CNc1c(N[C@H](C)Cc2ccsc2)c(=O)c1=O)N(C)C. The van der Waals surface area contributed by atoms with Crippen LogP contribution in [0.3, 0.4) is 0 Å². The molecule has 2 aromatic carbocycles. The molecule has 2 N–H and O–H groups in total. The molecule has 3 aromatic rings. The van der Waals surface area contributed by atoms with Crippen LogP contribution in [0, 0.1) is 13.8 Å². The number of hydrogen-bond acceptors (Lipinski definition) is 6. The van der Waals surface area contributed by atoms with Crippen molar-refractivity contribution in [1.82, 2.24) is 4.90 Å². The number of aryl methyl sites for hydroxylation is 2. The highest BCUT2D eigenvalue weighted by molar-refractivity contribution is 7.07. The molecule has 0 aliphatic carbocycles. The maximum Gasteiger partial charge on any atom is 0.253 e. The second kappa shape index (κ2) is 9.58. The molecule has 0 saturated heterocycles. The Hall–Kier alpha value is -2.44. The molecule has 1 aromatic heterocycles. The molecule has 0 radical (unpaired) electrons. The predicted octanol–water partition coefficient (Wildman–Crippen LogP) is 3.59. The third kappa shape index (κ3) is 4.99. The smallest absolute Gasteiger partial charge is 0.253 e. The first-order chi connectivity index (χ1) is 14.3. The van der Waals surface area contributed by atoms with E-state index in [0.717, 1.165) is 12.8 Å². The Morgan fingerprint density at radius 1 is 1.00 bits per heavy atom. The number of benzene rings is 1. The zero-order valence-corrected chi connectivity index (χ0v) is 19.2. The quantitative estimate of drug-likeness (QED) is 0.486. The molecule has 5 nitrogen and oxygen atoms in total. The summed E-state index contributed by atoms with van der Waals surface area (Å²) in [6, 6.07) is 8.70. The Morgan fingerprint density at radius 2 is 1.67 bits per heavy atom. The lowest BCUT2D eigenvalue weighted by Gasteiger charge is -2.27. The van der Waals surface area contributed by atoms with E-state index in [1.807, 2.05) is 26.4 Å². The molecular formula is C24H31N3O2S. The largest absolute Gasteiger partial charge is 0.378 e. The zero-order valence-electron chi connectivity index (χ0n) is 18.4. The van der Waals surface area contributed by atoms with Crippen LogP contribution in [0.4, 0.5) is 11.4 Å². The van der Waals surface area contributed by atoms with Crippen molar-refractivity contribution in [1.29, 1.82) is 0 Å². The van der Waals surface area contributed by atoms with E-state index in [9.17, 15) is 9.59 Å². The normalized spacial score (nSPS) is 13.5. The first-order valence-electron chi connectivity index (χ1n) is 10.3. The average molecular weight is 426 g/mol. The first kappa shape index (κ1) is 22.2. The fourth-order valence-corrected chi connectivity index (χ4v) is 4.50. The number of nitrogens with one attached hydrogen (secondary N) is 2. The van der Waals surface area contributed by atoms with E-state index < -0.39 is 10.9 Å². The van der Waals surface area contributed by atoms with Crippen LogP contribution in [0.2, 0.25) is 0 Å². The molecule has 6 heteroatoms. The molecule has 0 aliphatic rings. The van der Waals surface area contributed by atoms with E-state index in [0.29, 0.717) is 17.9 Å². The van der Waals surface area contributed by atoms with Crippen molar-refractivity contribution in [2.75, 3.05) is 31.3 Å². The van der Waals surface area contributed by atoms with E-state index >= 15 is 0 Å². The molecule has 0 spiro atoms. The van der Waals surface area contributed by atoms with Gasteiger partial charge in [0.25, 0.3) is 10.9 Å². The second-order valence-electron chi connectivity index (χ2n) is 8.36. The van der Waals surface area contributed by atoms with Gasteiger partial charge >= 0.3 is 0 Å². The van der Waals surface area contributed by atoms with Crippen LogP contribution in [0.15, 0.2) is 44.6 Å². The van der Waals surface area contributed by atoms with E-state index in [4.69, 9.17) is 0 Å². The van der Waals surface area contributed by atoms with Gasteiger partial charge in [0.15, 0.2) is 0 Å². The van der Waals surface area contributed by atoms with Gasteiger partial charge in [-0.3, -0.25) is 9.59 Å². The lowest BCUT2D eigenvalue weighted by molar-refractivity contribution is 0.303. The summed E-state index contributed by atoms with van der Waals surface area (Å²) in [5, 5.41) is 10.7. The Balaban J connectivity index is 1.67. The number of likely N-dealkylation sites (N-methyl/N-ethyl adjacent to an activating group) is 1. The maximum atomic E-state index is 12.2. The monoisotopic (exact) mass is 425 g/mol. The summed E-state index contributed by atoms with van der Waals surface area (Å²) in [5.41, 5.74) is 5.12. The minimum Gasteiger partial charge on any atom is -0.378 e. The lowest BCUT2D eigenvalue weighted by Crippen LogP contribution is -2.43. The zero-order chi connectivity index (χ0) is 21.8. The van der Waals surface area contributed by atoms with Crippen LogP contribution in [-0.4, -0.2) is 37.6 Å². The number of anilines is 2. The number of nitrogens with zero attached hydrogens (tertiary/aromatic N) is 1. The summed E-state index contributed by atoms with van der Waals surface area (Å²) in [7, 11) is 4.09. The van der Waals surface area contributed by atoms with Gasteiger partial charge in [0.1, 0.15) is 11.4 Å². The van der Waals surface area contributed by atoms with Gasteiger partial charge in [0.05, 0.1) is 0 Å². The van der Waals surface area contributed by atoms with Crippen LogP contribution in [-0.2, 0) is 12.8 Å². The van der Waals surface area contributed by atoms with E-state index in [-0.39, 0.29) is 12.1 Å². The third-order valence-corrected chi connectivity index (χ3v) is 6.48. The van der Waals surface area contributed by atoms with Gasteiger partial charge in [-0.05, 0) is 86.8 Å². The molecule has 0 fully saturated rings. The van der Waals surface area contributed by atoms with Crippen molar-refractivity contribution in [3.8, 4) is 0 Å². The Labute approximate surface area is 182 Å². The summed E-state index contributed by atoms with van der Waals surface area (Å²) in [6.45, 7) is 6.90. The van der Waals surface area contributed by atoms with Crippen LogP contribution in [0.5, 0.6) is 0 Å². The number of hydrogen-bond donors (Lipinski definition) is 2. The molecule has 0 aliphatic heterocycles. The summed E-state index contributed by atoms with van der Waals surface area (Å²) in [5.74, 6) is 0. The van der Waals surface area contributed by atoms with Gasteiger partial charge in [-0.25, -0.2) is 0 Å². The Bertz CT molecular complexity index is 1030. The fraction of sp³-hybridized carbons (Fsp3) is 0.417. The van der Waals surface area contributed by atoms with E-state index in [1.165, 1.54) is 22.3 Å². The highest BCUT2D eigenvalue weighted by atomic mass is 32.1. The minimum absolute atomic E-state index is 0.0720. The fourth-order valence-electron chi connectivity index (χ4n) is 3.82. The third-order valence-electron chi connectivity index (χ3n) is 5.75. The molecule has 0 amide bonds. The van der Waals surface area contributed by atoms with Crippen LogP contribution >= 0.6 is 11.3 Å². The molecule has 160 valence electrons. The van der Waals surface area contributed by atoms with Crippen molar-refractivity contribution in [2.45, 2.75) is 45.7 Å². The standard InChI is InChI=1S/C24H31N3O2S/c1-15-7-6-8-16(2)20(15)12-19(27(4)5)13-25-21-22(24(29)23(21)28)26-17(3)11-18-9-10-30-14-18/h6-10,14,17,19,25-26H,11-13H2,1-5H3/t17-,19+/m1/s1. The molecule has 30 heavy (non-hydrogen) atoms. The Kier molecular flexibility index (Phi) is 7.10. The van der Waals surface area contributed by atoms with E-state index in [2.05, 4.69) is 59.0 Å². The second-order valence-corrected chi connectivity index (χ2v) is 9.14. The highest BCUT2D eigenvalue weighted by Gasteiger charge is 2.24. The van der Waals surface area contributed by atoms with Gasteiger partial charge in [0, 0.05) is 18.6 Å². The van der Waals surface area contributed by atoms with Crippen molar-refractivity contribution in [3.63, 3.8) is 0 Å². The topological polar surface area (TPSA) is 61.4 Å². The van der Waals surface area contributed by atoms with Crippen molar-refractivity contribution in [3.05, 3.63) is 77.7 Å². The van der Waals surface area contributed by atoms with Gasteiger partial charge in [-0.15, -0.1) is 0 Å². The minimum atomic E-state index is -0.426. The van der Waals surface area contributed by atoms with Crippen molar-refractivity contribution >= 4 is 22.7 Å². The first-order valence-corrected chi connectivity index (χ1v) is 11.3. The van der Waals surface area contributed by atoms with Gasteiger partial charge in [-0.2, -0.15) is 11.3 Å². The lowest BCUT2D eigenvalue weighted by atomic mass is 9.96. The number of thiophene rings is 1. The molecule has 0 saturated carbocycles. The van der Waals surface area contributed by atoms with Gasteiger partial charge in [-0.1, -0.05) is 18.2 Å². The predicted molar refractivity (Wildman–Crippen MR) is 128 cm³/mol. The molecule has 0 unspecified atom stereocenters. The average Bonchev–Trinajstić information content (AvgIpc) is 3.20. The van der Waals surface area contributed by atoms with Crippen LogP contribution in [0.25, 0.3) is 0 Å². The summed E-state index contributed by atoms with van der Waals surface area (Å²) in [4.78, 5) is 26.5. The van der Waals surface area contributed by atoms with E-state index in [1.54, 1.807) is 11.3 Å². The molecule has 0 bridgehead atoms. The summed E-state index contributed by atoms with van der Waals surface area (Å²) < 4.78 is 0. The van der Waals surface area contributed by atoms with Crippen LogP contribution < -0.4 is 21.5 Å². The van der Waals surface area contributed by atoms with Gasteiger partial charge in [0.2, 0.25) is 0 Å².